The number of fused-ring (bicyclic) bond motifs is 3. The topological polar surface area (TPSA) is 78.2 Å². The smallest absolute Gasteiger partial charge is 0.278 e. The summed E-state index contributed by atoms with van der Waals surface area (Å²) in [5.41, 5.74) is 2.57. The van der Waals surface area contributed by atoms with Crippen LogP contribution in [0, 0.1) is 5.82 Å². The van der Waals surface area contributed by atoms with Gasteiger partial charge in [-0.05, 0) is 35.9 Å². The second-order valence-electron chi connectivity index (χ2n) is 7.09. The minimum atomic E-state index is -0.320. The summed E-state index contributed by atoms with van der Waals surface area (Å²) in [6.45, 7) is 0.300. The number of aryl methyl sites for hydroxylation is 1. The van der Waals surface area contributed by atoms with Gasteiger partial charge in [0, 0.05) is 26.0 Å². The summed E-state index contributed by atoms with van der Waals surface area (Å²) >= 11 is 1.19. The monoisotopic (exact) mass is 440 g/mol. The zero-order chi connectivity index (χ0) is 22.1. The third kappa shape index (κ3) is 4.00. The normalized spacial score (nSPS) is 11.2. The number of hydrogen-bond donors (Lipinski definition) is 1. The highest BCUT2D eigenvalue weighted by Crippen LogP contribution is 2.29. The number of thioether (sulfide) groups is 1. The van der Waals surface area contributed by atoms with Gasteiger partial charge < -0.3 is 14.6 Å². The van der Waals surface area contributed by atoms with Crippen LogP contribution < -0.4 is 15.6 Å². The number of methoxy groups -OCH3 is 1. The molecule has 0 spiro atoms. The first-order valence-electron chi connectivity index (χ1n) is 9.56. The Labute approximate surface area is 181 Å². The van der Waals surface area contributed by atoms with Gasteiger partial charge in [-0.15, -0.1) is 0 Å². The minimum Gasteiger partial charge on any atom is -0.497 e. The van der Waals surface area contributed by atoms with Crippen molar-refractivity contribution in [3.63, 3.8) is 0 Å². The molecule has 160 valence electrons. The molecular formula is C22H21FN4O3S. The molecule has 2 aromatic carbocycles. The SMILES string of the molecule is COc1ccc2c(c1)c1nc(SCC(=O)NCc3ccc(F)cc3)n(C)c(=O)c1n2C. The van der Waals surface area contributed by atoms with E-state index in [1.165, 1.54) is 28.5 Å². The third-order valence-electron chi connectivity index (χ3n) is 5.12. The van der Waals surface area contributed by atoms with Crippen LogP contribution >= 0.6 is 11.8 Å². The lowest BCUT2D eigenvalue weighted by Crippen LogP contribution is -2.26. The molecular weight excluding hydrogens is 419 g/mol. The van der Waals surface area contributed by atoms with Crippen molar-refractivity contribution in [3.05, 3.63) is 64.2 Å². The second-order valence-corrected chi connectivity index (χ2v) is 8.03. The van der Waals surface area contributed by atoms with E-state index in [9.17, 15) is 14.0 Å². The lowest BCUT2D eigenvalue weighted by Gasteiger charge is -2.09. The summed E-state index contributed by atoms with van der Waals surface area (Å²) < 4.78 is 21.6. The highest BCUT2D eigenvalue weighted by atomic mass is 32.2. The van der Waals surface area contributed by atoms with Gasteiger partial charge >= 0.3 is 0 Å². The van der Waals surface area contributed by atoms with E-state index in [1.807, 2.05) is 29.8 Å². The van der Waals surface area contributed by atoms with Crippen LogP contribution in [0.3, 0.4) is 0 Å². The van der Waals surface area contributed by atoms with Crippen molar-refractivity contribution in [2.75, 3.05) is 12.9 Å². The maximum atomic E-state index is 13.0. The predicted octanol–water partition coefficient (Wildman–Crippen LogP) is 2.98. The molecule has 0 aliphatic carbocycles. The largest absolute Gasteiger partial charge is 0.497 e. The van der Waals surface area contributed by atoms with Crippen LogP contribution in [-0.2, 0) is 25.4 Å². The van der Waals surface area contributed by atoms with E-state index in [4.69, 9.17) is 4.74 Å². The average molecular weight is 441 g/mol. The van der Waals surface area contributed by atoms with E-state index >= 15 is 0 Å². The molecule has 4 rings (SSSR count). The number of hydrogen-bond acceptors (Lipinski definition) is 5. The van der Waals surface area contributed by atoms with Crippen molar-refractivity contribution >= 4 is 39.6 Å². The Morgan fingerprint density at radius 1 is 1.16 bits per heavy atom. The quantitative estimate of drug-likeness (QED) is 0.368. The van der Waals surface area contributed by atoms with Gasteiger partial charge in [0.1, 0.15) is 22.6 Å². The summed E-state index contributed by atoms with van der Waals surface area (Å²) in [7, 11) is 5.06. The lowest BCUT2D eigenvalue weighted by atomic mass is 10.2. The fraction of sp³-hybridized carbons (Fsp3) is 0.227. The minimum absolute atomic E-state index is 0.0983. The maximum Gasteiger partial charge on any atom is 0.278 e. The summed E-state index contributed by atoms with van der Waals surface area (Å²) in [5.74, 6) is 0.250. The van der Waals surface area contributed by atoms with Crippen LogP contribution in [0.25, 0.3) is 21.9 Å². The Kier molecular flexibility index (Phi) is 5.69. The van der Waals surface area contributed by atoms with Gasteiger partial charge in [-0.3, -0.25) is 14.2 Å². The van der Waals surface area contributed by atoms with Gasteiger partial charge in [-0.1, -0.05) is 23.9 Å². The number of carbonyl (C=O) groups is 1. The van der Waals surface area contributed by atoms with Gasteiger partial charge in [-0.2, -0.15) is 0 Å². The summed E-state index contributed by atoms with van der Waals surface area (Å²) in [4.78, 5) is 30.0. The van der Waals surface area contributed by atoms with Crippen molar-refractivity contribution in [1.82, 2.24) is 19.4 Å². The van der Waals surface area contributed by atoms with E-state index in [-0.39, 0.29) is 23.0 Å². The summed E-state index contributed by atoms with van der Waals surface area (Å²) in [5, 5.41) is 4.06. The van der Waals surface area contributed by atoms with Crippen LogP contribution in [0.1, 0.15) is 5.56 Å². The number of amides is 1. The first kappa shape index (κ1) is 20.9. The van der Waals surface area contributed by atoms with E-state index in [0.29, 0.717) is 28.5 Å². The molecule has 0 saturated heterocycles. The predicted molar refractivity (Wildman–Crippen MR) is 119 cm³/mol. The van der Waals surface area contributed by atoms with E-state index in [1.54, 1.807) is 26.3 Å². The molecule has 1 N–H and O–H groups in total. The molecule has 0 radical (unpaired) electrons. The van der Waals surface area contributed by atoms with Crippen molar-refractivity contribution in [1.29, 1.82) is 0 Å². The van der Waals surface area contributed by atoms with Crippen molar-refractivity contribution < 1.29 is 13.9 Å². The molecule has 2 aromatic heterocycles. The fourth-order valence-electron chi connectivity index (χ4n) is 3.42. The van der Waals surface area contributed by atoms with Crippen molar-refractivity contribution in [2.24, 2.45) is 14.1 Å². The number of nitrogens with zero attached hydrogens (tertiary/aromatic N) is 3. The summed E-state index contributed by atoms with van der Waals surface area (Å²) in [6, 6.07) is 11.5. The first-order chi connectivity index (χ1) is 14.9. The molecule has 1 amide bonds. The highest BCUT2D eigenvalue weighted by Gasteiger charge is 2.18. The maximum absolute atomic E-state index is 13.0. The van der Waals surface area contributed by atoms with Gasteiger partial charge in [0.2, 0.25) is 5.91 Å². The molecule has 31 heavy (non-hydrogen) atoms. The first-order valence-corrected chi connectivity index (χ1v) is 10.5. The molecule has 4 aromatic rings. The van der Waals surface area contributed by atoms with Gasteiger partial charge in [0.25, 0.3) is 5.56 Å². The average Bonchev–Trinajstić information content (AvgIpc) is 3.06. The molecule has 0 atom stereocenters. The molecule has 9 heteroatoms. The number of ether oxygens (including phenoxy) is 1. The van der Waals surface area contributed by atoms with E-state index < -0.39 is 0 Å². The van der Waals surface area contributed by atoms with Crippen LogP contribution in [0.2, 0.25) is 0 Å². The van der Waals surface area contributed by atoms with Gasteiger partial charge in [0.05, 0.1) is 18.4 Å². The summed E-state index contributed by atoms with van der Waals surface area (Å²) in [6.07, 6.45) is 0. The van der Waals surface area contributed by atoms with Crippen molar-refractivity contribution in [2.45, 2.75) is 11.7 Å². The lowest BCUT2D eigenvalue weighted by molar-refractivity contribution is -0.118. The molecule has 0 aliphatic rings. The number of halogens is 1. The van der Waals surface area contributed by atoms with Gasteiger partial charge in [-0.25, -0.2) is 9.37 Å². The van der Waals surface area contributed by atoms with Crippen LogP contribution in [0.15, 0.2) is 52.4 Å². The van der Waals surface area contributed by atoms with Crippen LogP contribution in [0.5, 0.6) is 5.75 Å². The fourth-order valence-corrected chi connectivity index (χ4v) is 4.21. The van der Waals surface area contributed by atoms with Crippen LogP contribution in [0.4, 0.5) is 4.39 Å². The van der Waals surface area contributed by atoms with E-state index in [0.717, 1.165) is 16.5 Å². The van der Waals surface area contributed by atoms with Crippen LogP contribution in [-0.4, -0.2) is 32.9 Å². The molecule has 0 unspecified atom stereocenters. The molecule has 0 aliphatic heterocycles. The highest BCUT2D eigenvalue weighted by molar-refractivity contribution is 7.99. The number of nitrogens with one attached hydrogen (secondary N) is 1. The Balaban J connectivity index is 1.58. The molecule has 0 saturated carbocycles. The Morgan fingerprint density at radius 2 is 1.90 bits per heavy atom. The standard InChI is InChI=1S/C22H21FN4O3S/c1-26-17-9-8-15(30-3)10-16(17)19-20(26)21(29)27(2)22(25-19)31-12-18(28)24-11-13-4-6-14(23)7-5-13/h4-10H,11-12H2,1-3H3,(H,24,28). The third-order valence-corrected chi connectivity index (χ3v) is 6.15. The Hall–Kier alpha value is -3.33. The number of benzene rings is 2. The number of aromatic nitrogens is 3. The zero-order valence-corrected chi connectivity index (χ0v) is 18.1. The molecule has 7 nitrogen and oxygen atoms in total. The number of rotatable bonds is 6. The second kappa shape index (κ2) is 8.43. The molecule has 0 fully saturated rings. The zero-order valence-electron chi connectivity index (χ0n) is 17.3. The van der Waals surface area contributed by atoms with Crippen molar-refractivity contribution in [3.8, 4) is 5.75 Å². The molecule has 2 heterocycles. The molecule has 0 bridgehead atoms. The Bertz CT molecular complexity index is 1350. The van der Waals surface area contributed by atoms with E-state index in [2.05, 4.69) is 10.3 Å². The Morgan fingerprint density at radius 3 is 2.61 bits per heavy atom. The van der Waals surface area contributed by atoms with Gasteiger partial charge in [0.15, 0.2) is 5.16 Å². The number of carbonyl (C=O) groups excluding carboxylic acids is 1.